The quantitative estimate of drug-likeness (QED) is 0.834. The number of benzene rings is 1. The van der Waals surface area contributed by atoms with E-state index >= 15 is 0 Å². The first-order valence-electron chi connectivity index (χ1n) is 6.36. The summed E-state index contributed by atoms with van der Waals surface area (Å²) in [5.41, 5.74) is 1.35. The third-order valence-electron chi connectivity index (χ3n) is 3.07. The van der Waals surface area contributed by atoms with Crippen LogP contribution in [-0.2, 0) is 4.74 Å². The van der Waals surface area contributed by atoms with E-state index in [0.29, 0.717) is 5.92 Å². The maximum atomic E-state index is 5.59. The SMILES string of the molecule is CCOCC(CNC1CC1)c1cccc(Br)c1. The molecule has 94 valence electrons. The van der Waals surface area contributed by atoms with Crippen molar-refractivity contribution in [1.82, 2.24) is 5.32 Å². The molecule has 1 unspecified atom stereocenters. The fraction of sp³-hybridized carbons (Fsp3) is 0.571. The van der Waals surface area contributed by atoms with E-state index in [-0.39, 0.29) is 0 Å². The summed E-state index contributed by atoms with van der Waals surface area (Å²) < 4.78 is 6.73. The average Bonchev–Trinajstić information content (AvgIpc) is 3.13. The third-order valence-corrected chi connectivity index (χ3v) is 3.57. The number of halogens is 1. The molecular weight excluding hydrogens is 278 g/mol. The van der Waals surface area contributed by atoms with Gasteiger partial charge in [-0.1, -0.05) is 28.1 Å². The molecule has 2 nitrogen and oxygen atoms in total. The summed E-state index contributed by atoms with van der Waals surface area (Å²) in [6, 6.07) is 9.29. The first-order valence-corrected chi connectivity index (χ1v) is 7.15. The van der Waals surface area contributed by atoms with Crippen LogP contribution >= 0.6 is 15.9 Å². The van der Waals surface area contributed by atoms with Gasteiger partial charge in [-0.2, -0.15) is 0 Å². The molecule has 1 fully saturated rings. The van der Waals surface area contributed by atoms with Gasteiger partial charge in [-0.05, 0) is 37.5 Å². The maximum Gasteiger partial charge on any atom is 0.0546 e. The van der Waals surface area contributed by atoms with Crippen molar-refractivity contribution in [3.8, 4) is 0 Å². The van der Waals surface area contributed by atoms with E-state index < -0.39 is 0 Å². The van der Waals surface area contributed by atoms with E-state index in [1.165, 1.54) is 18.4 Å². The van der Waals surface area contributed by atoms with Crippen molar-refractivity contribution in [2.45, 2.75) is 31.7 Å². The normalized spacial score (nSPS) is 17.1. The van der Waals surface area contributed by atoms with Gasteiger partial charge >= 0.3 is 0 Å². The summed E-state index contributed by atoms with van der Waals surface area (Å²) in [5, 5.41) is 3.59. The van der Waals surface area contributed by atoms with Gasteiger partial charge in [-0.3, -0.25) is 0 Å². The molecule has 0 heterocycles. The van der Waals surface area contributed by atoms with Crippen LogP contribution in [0.4, 0.5) is 0 Å². The topological polar surface area (TPSA) is 21.3 Å². The van der Waals surface area contributed by atoms with Gasteiger partial charge < -0.3 is 10.1 Å². The van der Waals surface area contributed by atoms with Gasteiger partial charge in [0.15, 0.2) is 0 Å². The van der Waals surface area contributed by atoms with Crippen molar-refractivity contribution >= 4 is 15.9 Å². The van der Waals surface area contributed by atoms with E-state index in [4.69, 9.17) is 4.74 Å². The Morgan fingerprint density at radius 2 is 2.29 bits per heavy atom. The molecule has 1 aromatic rings. The molecule has 1 N–H and O–H groups in total. The molecule has 1 aliphatic carbocycles. The molecule has 0 aliphatic heterocycles. The molecule has 0 amide bonds. The Morgan fingerprint density at radius 1 is 1.47 bits per heavy atom. The summed E-state index contributed by atoms with van der Waals surface area (Å²) in [7, 11) is 0. The smallest absolute Gasteiger partial charge is 0.0546 e. The zero-order valence-corrected chi connectivity index (χ0v) is 11.9. The highest BCUT2D eigenvalue weighted by Crippen LogP contribution is 2.23. The van der Waals surface area contributed by atoms with Gasteiger partial charge in [0, 0.05) is 29.6 Å². The Bertz CT molecular complexity index is 352. The molecule has 1 atom stereocenters. The molecule has 0 saturated heterocycles. The number of nitrogens with one attached hydrogen (secondary N) is 1. The molecule has 1 aromatic carbocycles. The molecule has 1 saturated carbocycles. The minimum atomic E-state index is 0.452. The Kier molecular flexibility index (Phi) is 5.01. The number of ether oxygens (including phenoxy) is 1. The van der Waals surface area contributed by atoms with Crippen molar-refractivity contribution in [1.29, 1.82) is 0 Å². The second kappa shape index (κ2) is 6.53. The van der Waals surface area contributed by atoms with E-state index in [2.05, 4.69) is 45.5 Å². The minimum absolute atomic E-state index is 0.452. The van der Waals surface area contributed by atoms with Crippen LogP contribution in [0.15, 0.2) is 28.7 Å². The second-order valence-electron chi connectivity index (χ2n) is 4.59. The van der Waals surface area contributed by atoms with Crippen LogP contribution in [-0.4, -0.2) is 25.8 Å². The molecule has 0 aromatic heterocycles. The monoisotopic (exact) mass is 297 g/mol. The summed E-state index contributed by atoms with van der Waals surface area (Å²) >= 11 is 3.53. The largest absolute Gasteiger partial charge is 0.381 e. The van der Waals surface area contributed by atoms with Gasteiger partial charge in [0.25, 0.3) is 0 Å². The first-order chi connectivity index (χ1) is 8.29. The Morgan fingerprint density at radius 3 is 2.94 bits per heavy atom. The van der Waals surface area contributed by atoms with E-state index in [1.54, 1.807) is 0 Å². The van der Waals surface area contributed by atoms with E-state index in [1.807, 2.05) is 6.92 Å². The van der Waals surface area contributed by atoms with Crippen molar-refractivity contribution in [3.05, 3.63) is 34.3 Å². The minimum Gasteiger partial charge on any atom is -0.381 e. The summed E-state index contributed by atoms with van der Waals surface area (Å²) in [5.74, 6) is 0.452. The van der Waals surface area contributed by atoms with E-state index in [0.717, 1.165) is 30.3 Å². The Balaban J connectivity index is 1.96. The molecule has 0 bridgehead atoms. The standard InChI is InChI=1S/C14H20BrNO/c1-2-17-10-12(9-16-14-6-7-14)11-4-3-5-13(15)8-11/h3-5,8,12,14,16H,2,6-7,9-10H2,1H3. The Labute approximate surface area is 112 Å². The maximum absolute atomic E-state index is 5.59. The molecule has 3 heteroatoms. The number of rotatable bonds is 7. The highest BCUT2D eigenvalue weighted by molar-refractivity contribution is 9.10. The molecule has 0 spiro atoms. The lowest BCUT2D eigenvalue weighted by molar-refractivity contribution is 0.131. The zero-order valence-electron chi connectivity index (χ0n) is 10.3. The lowest BCUT2D eigenvalue weighted by Gasteiger charge is -2.18. The van der Waals surface area contributed by atoms with Crippen LogP contribution in [0.25, 0.3) is 0 Å². The average molecular weight is 298 g/mol. The van der Waals surface area contributed by atoms with Crippen LogP contribution in [0.2, 0.25) is 0 Å². The first kappa shape index (κ1) is 13.1. The summed E-state index contributed by atoms with van der Waals surface area (Å²) in [4.78, 5) is 0. The van der Waals surface area contributed by atoms with E-state index in [9.17, 15) is 0 Å². The lowest BCUT2D eigenvalue weighted by atomic mass is 10.00. The van der Waals surface area contributed by atoms with Crippen molar-refractivity contribution in [2.75, 3.05) is 19.8 Å². The predicted octanol–water partition coefficient (Wildman–Crippen LogP) is 3.32. The Hall–Kier alpha value is -0.380. The molecule has 0 radical (unpaired) electrons. The predicted molar refractivity (Wildman–Crippen MR) is 74.4 cm³/mol. The van der Waals surface area contributed by atoms with Crippen molar-refractivity contribution in [2.24, 2.45) is 0 Å². The third kappa shape index (κ3) is 4.41. The van der Waals surface area contributed by atoms with Crippen LogP contribution in [0, 0.1) is 0 Å². The van der Waals surface area contributed by atoms with Crippen LogP contribution in [0.5, 0.6) is 0 Å². The number of hydrogen-bond acceptors (Lipinski definition) is 2. The lowest BCUT2D eigenvalue weighted by Crippen LogP contribution is -2.26. The van der Waals surface area contributed by atoms with Crippen molar-refractivity contribution < 1.29 is 4.74 Å². The molecule has 17 heavy (non-hydrogen) atoms. The zero-order chi connectivity index (χ0) is 12.1. The summed E-state index contributed by atoms with van der Waals surface area (Å²) in [6.45, 7) is 4.65. The fourth-order valence-corrected chi connectivity index (χ4v) is 2.31. The van der Waals surface area contributed by atoms with Gasteiger partial charge in [-0.25, -0.2) is 0 Å². The fourth-order valence-electron chi connectivity index (χ4n) is 1.89. The van der Waals surface area contributed by atoms with Gasteiger partial charge in [0.1, 0.15) is 0 Å². The van der Waals surface area contributed by atoms with Crippen molar-refractivity contribution in [3.63, 3.8) is 0 Å². The molecular formula is C14H20BrNO. The summed E-state index contributed by atoms with van der Waals surface area (Å²) in [6.07, 6.45) is 2.67. The van der Waals surface area contributed by atoms with Gasteiger partial charge in [-0.15, -0.1) is 0 Å². The van der Waals surface area contributed by atoms with Gasteiger partial charge in [0.05, 0.1) is 6.61 Å². The van der Waals surface area contributed by atoms with Crippen LogP contribution in [0.1, 0.15) is 31.2 Å². The second-order valence-corrected chi connectivity index (χ2v) is 5.51. The number of hydrogen-bond donors (Lipinski definition) is 1. The highest BCUT2D eigenvalue weighted by Gasteiger charge is 2.22. The van der Waals surface area contributed by atoms with Gasteiger partial charge in [0.2, 0.25) is 0 Å². The molecule has 1 aliphatic rings. The van der Waals surface area contributed by atoms with Crippen LogP contribution < -0.4 is 5.32 Å². The highest BCUT2D eigenvalue weighted by atomic mass is 79.9. The van der Waals surface area contributed by atoms with Crippen LogP contribution in [0.3, 0.4) is 0 Å². The molecule has 2 rings (SSSR count).